The van der Waals surface area contributed by atoms with Crippen LogP contribution in [-0.4, -0.2) is 20.6 Å². The third-order valence-electron chi connectivity index (χ3n) is 3.59. The summed E-state index contributed by atoms with van der Waals surface area (Å²) in [5.41, 5.74) is 0.331. The molecule has 0 aliphatic carbocycles. The predicted octanol–water partition coefficient (Wildman–Crippen LogP) is 3.77. The maximum absolute atomic E-state index is 12.6. The fourth-order valence-electron chi connectivity index (χ4n) is 2.67. The van der Waals surface area contributed by atoms with Crippen LogP contribution in [0.3, 0.4) is 0 Å². The van der Waals surface area contributed by atoms with E-state index in [1.165, 1.54) is 18.2 Å². The lowest BCUT2D eigenvalue weighted by Gasteiger charge is -2.18. The summed E-state index contributed by atoms with van der Waals surface area (Å²) in [5.74, 6) is -0.135. The third kappa shape index (κ3) is 3.68. The van der Waals surface area contributed by atoms with Crippen LogP contribution < -0.4 is 13.7 Å². The van der Waals surface area contributed by atoms with E-state index in [0.29, 0.717) is 12.2 Å². The van der Waals surface area contributed by atoms with Gasteiger partial charge < -0.3 is 13.7 Å². The van der Waals surface area contributed by atoms with E-state index in [-0.39, 0.29) is 5.75 Å². The molecule has 0 aromatic heterocycles. The molecular weight excluding hydrogens is 354 g/mol. The average molecular weight is 370 g/mol. The van der Waals surface area contributed by atoms with Gasteiger partial charge in [-0.3, -0.25) is 0 Å². The fraction of sp³-hybridized carbons (Fsp3) is 0.294. The lowest BCUT2D eigenvalue weighted by Crippen LogP contribution is -2.24. The van der Waals surface area contributed by atoms with Crippen molar-refractivity contribution in [2.45, 2.75) is 37.4 Å². The molecule has 1 aliphatic rings. The van der Waals surface area contributed by atoms with Gasteiger partial charge in [-0.05, 0) is 32.0 Å². The van der Waals surface area contributed by atoms with Crippen LogP contribution >= 0.6 is 0 Å². The Morgan fingerprint density at radius 2 is 1.76 bits per heavy atom. The molecule has 0 saturated carbocycles. The van der Waals surface area contributed by atoms with Crippen LogP contribution in [0.1, 0.15) is 19.4 Å². The van der Waals surface area contributed by atoms with Crippen molar-refractivity contribution >= 4 is 10.1 Å². The molecule has 0 N–H and O–H groups in total. The van der Waals surface area contributed by atoms with Crippen LogP contribution in [0.15, 0.2) is 47.4 Å². The minimum Gasteiger partial charge on any atom is -0.483 e. The van der Waals surface area contributed by atoms with Crippen LogP contribution in [0.4, 0.5) is 8.78 Å². The van der Waals surface area contributed by atoms with Gasteiger partial charge in [0.1, 0.15) is 16.2 Å². The maximum atomic E-state index is 12.6. The second kappa shape index (κ2) is 6.18. The van der Waals surface area contributed by atoms with Gasteiger partial charge in [-0.25, -0.2) is 0 Å². The number of para-hydroxylation sites is 2. The first-order valence-corrected chi connectivity index (χ1v) is 8.88. The number of alkyl halides is 2. The monoisotopic (exact) mass is 370 g/mol. The van der Waals surface area contributed by atoms with Gasteiger partial charge in [-0.15, -0.1) is 0 Å². The Labute approximate surface area is 144 Å². The van der Waals surface area contributed by atoms with Crippen LogP contribution in [0.5, 0.6) is 17.2 Å². The molecule has 0 saturated heterocycles. The molecule has 5 nitrogen and oxygen atoms in total. The molecule has 2 aromatic carbocycles. The highest BCUT2D eigenvalue weighted by atomic mass is 32.2. The van der Waals surface area contributed by atoms with Gasteiger partial charge in [0.05, 0.1) is 0 Å². The number of ether oxygens (including phenoxy) is 2. The molecule has 1 aliphatic heterocycles. The number of hydrogen-bond acceptors (Lipinski definition) is 5. The average Bonchev–Trinajstić information content (AvgIpc) is 2.82. The normalized spacial score (nSPS) is 15.6. The van der Waals surface area contributed by atoms with Crippen LogP contribution in [-0.2, 0) is 16.5 Å². The molecule has 0 spiro atoms. The van der Waals surface area contributed by atoms with E-state index in [1.807, 2.05) is 19.9 Å². The minimum absolute atomic E-state index is 0.00919. The SMILES string of the molecule is CC1(C)Cc2cccc(OS(=O)(=O)c3ccccc3OC(F)F)c2O1. The molecule has 25 heavy (non-hydrogen) atoms. The zero-order valence-electron chi connectivity index (χ0n) is 13.5. The standard InChI is InChI=1S/C17H16F2O5S/c1-17(2)10-11-6-5-8-13(15(11)23-17)24-25(20,21)14-9-4-3-7-12(14)22-16(18)19/h3-9,16H,10H2,1-2H3. The van der Waals surface area contributed by atoms with Crippen LogP contribution in [0.2, 0.25) is 0 Å². The number of hydrogen-bond donors (Lipinski definition) is 0. The highest BCUT2D eigenvalue weighted by Gasteiger charge is 2.34. The zero-order valence-corrected chi connectivity index (χ0v) is 14.3. The van der Waals surface area contributed by atoms with Gasteiger partial charge in [0, 0.05) is 12.0 Å². The lowest BCUT2D eigenvalue weighted by molar-refractivity contribution is -0.0518. The summed E-state index contributed by atoms with van der Waals surface area (Å²) in [5, 5.41) is 0. The molecule has 3 rings (SSSR count). The zero-order chi connectivity index (χ0) is 18.2. The highest BCUT2D eigenvalue weighted by Crippen LogP contribution is 2.43. The first-order chi connectivity index (χ1) is 11.7. The molecular formula is C17H16F2O5S. The first kappa shape index (κ1) is 17.5. The van der Waals surface area contributed by atoms with E-state index in [0.717, 1.165) is 17.7 Å². The smallest absolute Gasteiger partial charge is 0.387 e. The Hall–Kier alpha value is -2.35. The molecule has 0 unspecified atom stereocenters. The number of benzene rings is 2. The van der Waals surface area contributed by atoms with Crippen molar-refractivity contribution in [3.8, 4) is 17.2 Å². The van der Waals surface area contributed by atoms with Crippen molar-refractivity contribution in [1.29, 1.82) is 0 Å². The maximum Gasteiger partial charge on any atom is 0.387 e. The Morgan fingerprint density at radius 3 is 2.48 bits per heavy atom. The van der Waals surface area contributed by atoms with Crippen molar-refractivity contribution < 1.29 is 30.9 Å². The fourth-order valence-corrected chi connectivity index (χ4v) is 3.73. The van der Waals surface area contributed by atoms with E-state index in [4.69, 9.17) is 8.92 Å². The van der Waals surface area contributed by atoms with Crippen LogP contribution in [0, 0.1) is 0 Å². The van der Waals surface area contributed by atoms with Crippen molar-refractivity contribution in [3.63, 3.8) is 0 Å². The number of fused-ring (bicyclic) bond motifs is 1. The summed E-state index contributed by atoms with van der Waals surface area (Å²) in [4.78, 5) is -0.481. The molecule has 0 atom stereocenters. The summed E-state index contributed by atoms with van der Waals surface area (Å²) in [6, 6.07) is 9.98. The third-order valence-corrected chi connectivity index (χ3v) is 4.86. The van der Waals surface area contributed by atoms with Gasteiger partial charge in [0.15, 0.2) is 11.5 Å². The van der Waals surface area contributed by atoms with Crippen LogP contribution in [0.25, 0.3) is 0 Å². The second-order valence-corrected chi connectivity index (χ2v) is 7.66. The summed E-state index contributed by atoms with van der Waals surface area (Å²) >= 11 is 0. The molecule has 0 radical (unpaired) electrons. The summed E-state index contributed by atoms with van der Waals surface area (Å²) in [6.45, 7) is 0.593. The Morgan fingerprint density at radius 1 is 1.08 bits per heavy atom. The Kier molecular flexibility index (Phi) is 4.32. The number of halogens is 2. The molecule has 2 aromatic rings. The molecule has 0 amide bonds. The van der Waals surface area contributed by atoms with Gasteiger partial charge in [0.2, 0.25) is 0 Å². The van der Waals surface area contributed by atoms with E-state index < -0.39 is 33.0 Å². The molecule has 134 valence electrons. The van der Waals surface area contributed by atoms with E-state index >= 15 is 0 Å². The largest absolute Gasteiger partial charge is 0.483 e. The molecule has 8 heteroatoms. The first-order valence-electron chi connectivity index (χ1n) is 7.47. The van der Waals surface area contributed by atoms with E-state index in [1.54, 1.807) is 6.07 Å². The van der Waals surface area contributed by atoms with Crippen molar-refractivity contribution in [1.82, 2.24) is 0 Å². The molecule has 0 bridgehead atoms. The summed E-state index contributed by atoms with van der Waals surface area (Å²) in [6.07, 6.45) is 0.602. The number of rotatable bonds is 5. The minimum atomic E-state index is -4.39. The quantitative estimate of drug-likeness (QED) is 0.750. The van der Waals surface area contributed by atoms with Gasteiger partial charge in [-0.1, -0.05) is 24.3 Å². The van der Waals surface area contributed by atoms with Crippen molar-refractivity contribution in [2.75, 3.05) is 0 Å². The lowest BCUT2D eigenvalue weighted by atomic mass is 10.0. The summed E-state index contributed by atoms with van der Waals surface area (Å²) < 4.78 is 65.3. The summed E-state index contributed by atoms with van der Waals surface area (Å²) in [7, 11) is -4.39. The Balaban J connectivity index is 1.96. The van der Waals surface area contributed by atoms with E-state index in [2.05, 4.69) is 4.74 Å². The van der Waals surface area contributed by atoms with Gasteiger partial charge >= 0.3 is 16.7 Å². The highest BCUT2D eigenvalue weighted by molar-refractivity contribution is 7.87. The topological polar surface area (TPSA) is 61.8 Å². The second-order valence-electron chi connectivity index (χ2n) is 6.15. The van der Waals surface area contributed by atoms with E-state index in [9.17, 15) is 17.2 Å². The van der Waals surface area contributed by atoms with Gasteiger partial charge in [0.25, 0.3) is 0 Å². The molecule has 1 heterocycles. The molecule has 0 fully saturated rings. The van der Waals surface area contributed by atoms with Crippen molar-refractivity contribution in [2.24, 2.45) is 0 Å². The van der Waals surface area contributed by atoms with Crippen molar-refractivity contribution in [3.05, 3.63) is 48.0 Å². The van der Waals surface area contributed by atoms with Gasteiger partial charge in [-0.2, -0.15) is 17.2 Å². The predicted molar refractivity (Wildman–Crippen MR) is 85.7 cm³/mol. The Bertz CT molecular complexity index is 894.